The predicted octanol–water partition coefficient (Wildman–Crippen LogP) is -1.63. The Morgan fingerprint density at radius 3 is 1.14 bits per heavy atom. The Bertz CT molecular complexity index is 635. The summed E-state index contributed by atoms with van der Waals surface area (Å²) in [5.41, 5.74) is -5.37. The van der Waals surface area contributed by atoms with Gasteiger partial charge in [0, 0.05) is 0 Å². The molecule has 166 valence electrons. The van der Waals surface area contributed by atoms with Crippen LogP contribution in [0.15, 0.2) is 0 Å². The smallest absolute Gasteiger partial charge is 0.336 e. The molecule has 0 bridgehead atoms. The summed E-state index contributed by atoms with van der Waals surface area (Å²) in [7, 11) is 0. The monoisotopic (exact) mass is 426 g/mol. The van der Waals surface area contributed by atoms with Crippen LogP contribution >= 0.6 is 0 Å². The maximum atomic E-state index is 11.1. The molecule has 0 fully saturated rings. The third kappa shape index (κ3) is 11.9. The summed E-state index contributed by atoms with van der Waals surface area (Å²) in [5.74, 6) is -9.26. The molecule has 0 spiro atoms. The summed E-state index contributed by atoms with van der Waals surface area (Å²) in [5, 5.41) is 60.3. The average molecular weight is 426 g/mol. The van der Waals surface area contributed by atoms with Gasteiger partial charge in [0.1, 0.15) is 0 Å². The minimum absolute atomic E-state index is 0.463. The lowest BCUT2D eigenvalue weighted by Crippen LogP contribution is -2.43. The van der Waals surface area contributed by atoms with Crippen LogP contribution in [0.2, 0.25) is 0 Å². The van der Waals surface area contributed by atoms with Crippen molar-refractivity contribution in [3.63, 3.8) is 0 Å². The van der Waals surface area contributed by atoms with Crippen molar-refractivity contribution in [2.24, 2.45) is 0 Å². The van der Waals surface area contributed by atoms with Gasteiger partial charge < -0.3 is 40.5 Å². The van der Waals surface area contributed by atoms with Crippen LogP contribution in [-0.2, 0) is 33.5 Å². The van der Waals surface area contributed by atoms with Gasteiger partial charge in [0.15, 0.2) is 11.2 Å². The van der Waals surface area contributed by atoms with Crippen LogP contribution in [0.25, 0.3) is 0 Å². The zero-order valence-corrected chi connectivity index (χ0v) is 15.4. The number of rotatable bonds is 11. The second kappa shape index (κ2) is 11.6. The van der Waals surface area contributed by atoms with Crippen molar-refractivity contribution < 1.29 is 69.2 Å². The lowest BCUT2D eigenvalue weighted by atomic mass is 9.96. The molecule has 0 aliphatic heterocycles. The van der Waals surface area contributed by atoms with E-state index in [4.69, 9.17) is 30.6 Å². The minimum Gasteiger partial charge on any atom is -0.481 e. The molecule has 0 aromatic carbocycles. The molecule has 0 radical (unpaired) electrons. The molecule has 0 aliphatic carbocycles. The van der Waals surface area contributed by atoms with Crippen LogP contribution in [0, 0.1) is 0 Å². The van der Waals surface area contributed by atoms with Gasteiger partial charge in [0.25, 0.3) is 0 Å². The third-order valence-corrected chi connectivity index (χ3v) is 2.93. The van der Waals surface area contributed by atoms with E-state index in [0.29, 0.717) is 0 Å². The van der Waals surface area contributed by atoms with Gasteiger partial charge in [-0.2, -0.15) is 0 Å². The van der Waals surface area contributed by atoms with Gasteiger partial charge in [-0.3, -0.25) is 19.2 Å². The number of hydrogen-bond acceptors (Lipinski definition) is 9. The van der Waals surface area contributed by atoms with E-state index >= 15 is 0 Å². The second-order valence-electron chi connectivity index (χ2n) is 6.10. The Hall–Kier alpha value is -3.26. The molecule has 0 aliphatic rings. The quantitative estimate of drug-likeness (QED) is 0.183. The van der Waals surface area contributed by atoms with E-state index in [1.807, 2.05) is 0 Å². The highest BCUT2D eigenvalue weighted by Crippen LogP contribution is 2.17. The number of carboxylic acid groups (broad SMARTS) is 5. The average Bonchev–Trinajstić information content (AvgIpc) is 2.43. The summed E-state index contributed by atoms with van der Waals surface area (Å²) < 4.78 is 4.62. The predicted molar refractivity (Wildman–Crippen MR) is 87.8 cm³/mol. The van der Waals surface area contributed by atoms with E-state index in [1.54, 1.807) is 13.8 Å². The molecule has 1 unspecified atom stereocenters. The summed E-state index contributed by atoms with van der Waals surface area (Å²) >= 11 is 0. The van der Waals surface area contributed by atoms with E-state index in [1.165, 1.54) is 0 Å². The molecule has 0 saturated heterocycles. The highest BCUT2D eigenvalue weighted by atomic mass is 16.5. The number of hydrogen-bond donors (Lipinski definition) is 7. The van der Waals surface area contributed by atoms with Crippen molar-refractivity contribution in [2.75, 3.05) is 0 Å². The Morgan fingerprint density at radius 2 is 0.931 bits per heavy atom. The molecular weight excluding hydrogens is 404 g/mol. The minimum atomic E-state index is -2.74. The van der Waals surface area contributed by atoms with Gasteiger partial charge in [0.05, 0.1) is 31.8 Å². The van der Waals surface area contributed by atoms with Crippen LogP contribution in [0.4, 0.5) is 0 Å². The molecule has 0 heterocycles. The van der Waals surface area contributed by atoms with Gasteiger partial charge >= 0.3 is 35.8 Å². The SMILES string of the molecule is CC(C)OC(=O)CC(O)(CC(=O)O)C(=O)O.O=C(O)CC(O)(CC(=O)O)C(=O)O. The Labute approximate surface area is 162 Å². The highest BCUT2D eigenvalue weighted by molar-refractivity contribution is 5.89. The number of esters is 1. The van der Waals surface area contributed by atoms with Crippen LogP contribution in [-0.4, -0.2) is 88.9 Å². The molecule has 0 saturated carbocycles. The van der Waals surface area contributed by atoms with Crippen LogP contribution in [0.1, 0.15) is 39.5 Å². The largest absolute Gasteiger partial charge is 0.481 e. The van der Waals surface area contributed by atoms with Crippen molar-refractivity contribution >= 4 is 35.8 Å². The van der Waals surface area contributed by atoms with Gasteiger partial charge in [-0.05, 0) is 13.8 Å². The Balaban J connectivity index is 0. The summed E-state index contributed by atoms with van der Waals surface area (Å²) in [6.07, 6.45) is -4.71. The first-order valence-corrected chi connectivity index (χ1v) is 7.71. The summed E-state index contributed by atoms with van der Waals surface area (Å²) in [6.45, 7) is 3.10. The van der Waals surface area contributed by atoms with E-state index in [9.17, 15) is 33.9 Å². The molecule has 1 atom stereocenters. The van der Waals surface area contributed by atoms with Crippen LogP contribution in [0.5, 0.6) is 0 Å². The fourth-order valence-corrected chi connectivity index (χ4v) is 1.72. The van der Waals surface area contributed by atoms with Gasteiger partial charge in [-0.15, -0.1) is 0 Å². The topological polar surface area (TPSA) is 253 Å². The van der Waals surface area contributed by atoms with Gasteiger partial charge in [-0.25, -0.2) is 9.59 Å². The fourth-order valence-electron chi connectivity index (χ4n) is 1.72. The summed E-state index contributed by atoms with van der Waals surface area (Å²) in [6, 6.07) is 0. The first-order valence-electron chi connectivity index (χ1n) is 7.71. The number of aliphatic hydroxyl groups is 2. The van der Waals surface area contributed by atoms with E-state index in [2.05, 4.69) is 4.74 Å². The number of ether oxygens (including phenoxy) is 1. The molecule has 7 N–H and O–H groups in total. The summed E-state index contributed by atoms with van der Waals surface area (Å²) in [4.78, 5) is 62.6. The number of carboxylic acids is 5. The highest BCUT2D eigenvalue weighted by Gasteiger charge is 2.42. The van der Waals surface area contributed by atoms with Crippen molar-refractivity contribution in [3.8, 4) is 0 Å². The second-order valence-corrected chi connectivity index (χ2v) is 6.10. The molecule has 29 heavy (non-hydrogen) atoms. The van der Waals surface area contributed by atoms with E-state index in [-0.39, 0.29) is 0 Å². The standard InChI is InChI=1S/C9H14O7.C6H8O7/c1-5(2)16-7(12)4-9(15,8(13)14)3-6(10)11;7-3(8)1-6(13,5(11)12)2-4(9)10/h5,15H,3-4H2,1-2H3,(H,10,11)(H,13,14);13H,1-2H2,(H,7,8)(H,9,10)(H,11,12). The van der Waals surface area contributed by atoms with Crippen molar-refractivity contribution in [1.82, 2.24) is 0 Å². The van der Waals surface area contributed by atoms with Crippen molar-refractivity contribution in [1.29, 1.82) is 0 Å². The molecule has 0 rings (SSSR count). The van der Waals surface area contributed by atoms with Crippen molar-refractivity contribution in [2.45, 2.75) is 56.8 Å². The lowest BCUT2D eigenvalue weighted by Gasteiger charge is -2.20. The Morgan fingerprint density at radius 1 is 0.655 bits per heavy atom. The molecule has 14 nitrogen and oxygen atoms in total. The molecular formula is C15H22O14. The zero-order valence-electron chi connectivity index (χ0n) is 15.4. The fraction of sp³-hybridized carbons (Fsp3) is 0.600. The molecule has 0 aromatic heterocycles. The van der Waals surface area contributed by atoms with Gasteiger partial charge in [0.2, 0.25) is 0 Å². The molecule has 0 aromatic rings. The Kier molecular flexibility index (Phi) is 11.1. The van der Waals surface area contributed by atoms with Gasteiger partial charge in [-0.1, -0.05) is 0 Å². The number of carbonyl (C=O) groups excluding carboxylic acids is 1. The first kappa shape index (κ1) is 28.0. The third-order valence-electron chi connectivity index (χ3n) is 2.93. The first-order chi connectivity index (χ1) is 12.9. The van der Waals surface area contributed by atoms with Crippen LogP contribution in [0.3, 0.4) is 0 Å². The number of carbonyl (C=O) groups is 6. The maximum Gasteiger partial charge on any atom is 0.336 e. The molecule has 0 amide bonds. The maximum absolute atomic E-state index is 11.1. The van der Waals surface area contributed by atoms with E-state index < -0.39 is 78.8 Å². The normalized spacial score (nSPS) is 12.7. The molecule has 14 heteroatoms. The van der Waals surface area contributed by atoms with Crippen molar-refractivity contribution in [3.05, 3.63) is 0 Å². The lowest BCUT2D eigenvalue weighted by molar-refractivity contribution is -0.173. The van der Waals surface area contributed by atoms with Crippen LogP contribution < -0.4 is 0 Å². The zero-order chi connectivity index (χ0) is 23.6. The van der Waals surface area contributed by atoms with E-state index in [0.717, 1.165) is 0 Å². The number of aliphatic carboxylic acids is 5.